The second-order valence-electron chi connectivity index (χ2n) is 6.11. The van der Waals surface area contributed by atoms with Crippen LogP contribution in [0.5, 0.6) is 11.5 Å². The maximum Gasteiger partial charge on any atom is 0.265 e. The molecule has 2 amide bonds. The second-order valence-corrected chi connectivity index (χ2v) is 7.20. The third-order valence-electron chi connectivity index (χ3n) is 3.85. The van der Waals surface area contributed by atoms with Crippen molar-refractivity contribution in [3.63, 3.8) is 0 Å². The number of phenols is 2. The van der Waals surface area contributed by atoms with Gasteiger partial charge in [-0.3, -0.25) is 9.59 Å². The number of rotatable bonds is 4. The third kappa shape index (κ3) is 4.27. The molecule has 0 aliphatic carbocycles. The average molecular weight is 382 g/mol. The van der Waals surface area contributed by atoms with Crippen molar-refractivity contribution in [3.8, 4) is 11.5 Å². The first-order chi connectivity index (χ1) is 12.8. The van der Waals surface area contributed by atoms with Crippen molar-refractivity contribution in [2.24, 2.45) is 0 Å². The van der Waals surface area contributed by atoms with Gasteiger partial charge >= 0.3 is 0 Å². The van der Waals surface area contributed by atoms with E-state index in [1.807, 2.05) is 13.8 Å². The topological polar surface area (TPSA) is 98.7 Å². The molecule has 27 heavy (non-hydrogen) atoms. The van der Waals surface area contributed by atoms with Gasteiger partial charge in [0.05, 0.1) is 21.1 Å². The molecule has 0 aliphatic heterocycles. The summed E-state index contributed by atoms with van der Waals surface area (Å²) < 4.78 is 0. The van der Waals surface area contributed by atoms with Gasteiger partial charge < -0.3 is 20.8 Å². The molecule has 0 atom stereocenters. The summed E-state index contributed by atoms with van der Waals surface area (Å²) in [4.78, 5) is 25.4. The highest BCUT2D eigenvalue weighted by Gasteiger charge is 2.16. The number of hydrogen-bond donors (Lipinski definition) is 4. The summed E-state index contributed by atoms with van der Waals surface area (Å²) in [5.41, 5.74) is 2.41. The normalized spacial score (nSPS) is 10.4. The van der Waals surface area contributed by atoms with Gasteiger partial charge in [-0.25, -0.2) is 0 Å². The van der Waals surface area contributed by atoms with Gasteiger partial charge in [0.1, 0.15) is 11.5 Å². The van der Waals surface area contributed by atoms with Crippen molar-refractivity contribution in [3.05, 3.63) is 69.4 Å². The molecule has 0 radical (unpaired) electrons. The van der Waals surface area contributed by atoms with Crippen molar-refractivity contribution >= 4 is 34.5 Å². The molecule has 0 saturated heterocycles. The molecule has 3 aromatic rings. The predicted molar refractivity (Wildman–Crippen MR) is 106 cm³/mol. The van der Waals surface area contributed by atoms with Crippen LogP contribution in [0.1, 0.15) is 30.5 Å². The zero-order valence-electron chi connectivity index (χ0n) is 14.7. The van der Waals surface area contributed by atoms with Crippen LogP contribution in [0.4, 0.5) is 11.4 Å². The van der Waals surface area contributed by atoms with Gasteiger partial charge in [0.25, 0.3) is 11.8 Å². The molecule has 3 rings (SSSR count). The van der Waals surface area contributed by atoms with Gasteiger partial charge in [-0.1, -0.05) is 12.1 Å². The van der Waals surface area contributed by atoms with Gasteiger partial charge in [0.15, 0.2) is 0 Å². The molecule has 1 heterocycles. The Morgan fingerprint density at radius 1 is 0.741 bits per heavy atom. The third-order valence-corrected chi connectivity index (χ3v) is 4.94. The smallest absolute Gasteiger partial charge is 0.265 e. The number of aryl methyl sites for hydroxylation is 2. The number of carbonyl (C=O) groups is 2. The summed E-state index contributed by atoms with van der Waals surface area (Å²) in [6.45, 7) is 3.70. The molecule has 4 N–H and O–H groups in total. The lowest BCUT2D eigenvalue weighted by molar-refractivity contribution is 0.102. The van der Waals surface area contributed by atoms with E-state index in [2.05, 4.69) is 10.6 Å². The minimum absolute atomic E-state index is 0.0293. The van der Waals surface area contributed by atoms with Crippen LogP contribution in [-0.2, 0) is 0 Å². The van der Waals surface area contributed by atoms with Crippen molar-refractivity contribution < 1.29 is 19.8 Å². The number of phenolic OH excluding ortho intramolecular Hbond substituents is 2. The van der Waals surface area contributed by atoms with E-state index in [4.69, 9.17) is 0 Å². The summed E-state index contributed by atoms with van der Waals surface area (Å²) in [6, 6.07) is 12.9. The fourth-order valence-corrected chi connectivity index (χ4v) is 3.25. The lowest BCUT2D eigenvalue weighted by Crippen LogP contribution is -2.11. The minimum atomic E-state index is -0.418. The van der Waals surface area contributed by atoms with E-state index >= 15 is 0 Å². The van der Waals surface area contributed by atoms with Crippen molar-refractivity contribution in [1.29, 1.82) is 0 Å². The summed E-state index contributed by atoms with van der Waals surface area (Å²) in [5.74, 6) is -0.895. The first kappa shape index (κ1) is 18.5. The largest absolute Gasteiger partial charge is 0.506 e. The highest BCUT2D eigenvalue weighted by atomic mass is 32.1. The van der Waals surface area contributed by atoms with Crippen LogP contribution in [0, 0.1) is 13.8 Å². The number of benzene rings is 2. The first-order valence-electron chi connectivity index (χ1n) is 8.15. The Hall–Kier alpha value is -3.32. The Bertz CT molecular complexity index is 947. The molecule has 1 aromatic heterocycles. The zero-order valence-corrected chi connectivity index (χ0v) is 15.6. The molecule has 0 bridgehead atoms. The van der Waals surface area contributed by atoms with E-state index in [0.29, 0.717) is 21.1 Å². The van der Waals surface area contributed by atoms with E-state index in [1.54, 1.807) is 24.3 Å². The average Bonchev–Trinajstić information content (AvgIpc) is 3.12. The molecule has 0 unspecified atom stereocenters. The Morgan fingerprint density at radius 3 is 1.56 bits per heavy atom. The van der Waals surface area contributed by atoms with Crippen LogP contribution in [0.2, 0.25) is 0 Å². The quantitative estimate of drug-likeness (QED) is 0.506. The van der Waals surface area contributed by atoms with E-state index in [-0.39, 0.29) is 11.5 Å². The van der Waals surface area contributed by atoms with Crippen LogP contribution in [0.25, 0.3) is 0 Å². The second kappa shape index (κ2) is 7.51. The van der Waals surface area contributed by atoms with Gasteiger partial charge in [-0.05, 0) is 61.4 Å². The van der Waals surface area contributed by atoms with Gasteiger partial charge in [0, 0.05) is 0 Å². The lowest BCUT2D eigenvalue weighted by atomic mass is 10.2. The Morgan fingerprint density at radius 2 is 1.15 bits per heavy atom. The molecule has 7 heteroatoms. The van der Waals surface area contributed by atoms with Gasteiger partial charge in [0.2, 0.25) is 0 Å². The van der Waals surface area contributed by atoms with Gasteiger partial charge in [-0.2, -0.15) is 0 Å². The van der Waals surface area contributed by atoms with Crippen LogP contribution in [-0.4, -0.2) is 22.0 Å². The van der Waals surface area contributed by atoms with Crippen LogP contribution in [0.15, 0.2) is 48.5 Å². The number of thiophene rings is 1. The summed E-state index contributed by atoms with van der Waals surface area (Å²) in [7, 11) is 0. The molecular formula is C20H18N2O4S. The number of carbonyl (C=O) groups excluding carboxylic acids is 2. The van der Waals surface area contributed by atoms with E-state index in [0.717, 1.165) is 22.5 Å². The number of nitrogens with one attached hydrogen (secondary N) is 2. The maximum absolute atomic E-state index is 12.4. The number of anilines is 2. The summed E-state index contributed by atoms with van der Waals surface area (Å²) in [5, 5.41) is 24.9. The van der Waals surface area contributed by atoms with E-state index < -0.39 is 11.8 Å². The zero-order chi connectivity index (χ0) is 19.6. The van der Waals surface area contributed by atoms with Crippen LogP contribution >= 0.6 is 11.3 Å². The van der Waals surface area contributed by atoms with E-state index in [1.165, 1.54) is 24.3 Å². The monoisotopic (exact) mass is 382 g/mol. The maximum atomic E-state index is 12.4. The molecule has 0 saturated carbocycles. The molecule has 0 aliphatic rings. The predicted octanol–water partition coefficient (Wildman–Crippen LogP) is 4.28. The highest BCUT2D eigenvalue weighted by molar-refractivity contribution is 7.16. The highest BCUT2D eigenvalue weighted by Crippen LogP contribution is 2.27. The molecular weight excluding hydrogens is 364 g/mol. The minimum Gasteiger partial charge on any atom is -0.506 e. The fraction of sp³-hybridized carbons (Fsp3) is 0.100. The SMILES string of the molecule is Cc1ccc(O)c(NC(=O)c2ccc(C(=O)Nc3cc(C)ccc3O)s2)c1. The fourth-order valence-electron chi connectivity index (χ4n) is 2.45. The first-order valence-corrected chi connectivity index (χ1v) is 8.97. The Balaban J connectivity index is 1.73. The van der Waals surface area contributed by atoms with Crippen molar-refractivity contribution in [2.45, 2.75) is 13.8 Å². The molecule has 0 spiro atoms. The molecule has 138 valence electrons. The van der Waals surface area contributed by atoms with Crippen molar-refractivity contribution in [1.82, 2.24) is 0 Å². The molecule has 0 fully saturated rings. The number of hydrogen-bond acceptors (Lipinski definition) is 5. The van der Waals surface area contributed by atoms with Crippen LogP contribution in [0.3, 0.4) is 0 Å². The standard InChI is InChI=1S/C20H18N2O4S/c1-11-3-5-15(23)13(9-11)21-19(25)17-7-8-18(27-17)20(26)22-14-10-12(2)4-6-16(14)24/h3-10,23-24H,1-2H3,(H,21,25)(H,22,26). The van der Waals surface area contributed by atoms with Crippen LogP contribution < -0.4 is 10.6 Å². The number of aromatic hydroxyl groups is 2. The number of amides is 2. The summed E-state index contributed by atoms with van der Waals surface area (Å²) >= 11 is 1.02. The van der Waals surface area contributed by atoms with Crippen molar-refractivity contribution in [2.75, 3.05) is 10.6 Å². The molecule has 6 nitrogen and oxygen atoms in total. The van der Waals surface area contributed by atoms with E-state index in [9.17, 15) is 19.8 Å². The lowest BCUT2D eigenvalue weighted by Gasteiger charge is -2.07. The Labute approximate surface area is 160 Å². The molecule has 2 aromatic carbocycles. The Kier molecular flexibility index (Phi) is 5.14. The summed E-state index contributed by atoms with van der Waals surface area (Å²) in [6.07, 6.45) is 0. The van der Waals surface area contributed by atoms with Gasteiger partial charge in [-0.15, -0.1) is 11.3 Å².